The van der Waals surface area contributed by atoms with E-state index >= 15 is 0 Å². The van der Waals surface area contributed by atoms with E-state index in [1.807, 2.05) is 0 Å². The van der Waals surface area contributed by atoms with Crippen molar-refractivity contribution in [2.75, 3.05) is 0 Å². The number of hydrogen-bond donors (Lipinski definition) is 1. The number of rotatable bonds is 1. The third kappa shape index (κ3) is 2.04. The van der Waals surface area contributed by atoms with Crippen LogP contribution in [0.2, 0.25) is 0 Å². The number of ketones is 1. The first kappa shape index (κ1) is 8.93. The molecule has 0 atom stereocenters. The summed E-state index contributed by atoms with van der Waals surface area (Å²) in [5.74, 6) is -1.31. The maximum atomic E-state index is 11.5. The van der Waals surface area contributed by atoms with Gasteiger partial charge in [0.2, 0.25) is 5.71 Å². The zero-order valence-corrected chi connectivity index (χ0v) is 4.94. The maximum Gasteiger partial charge on any atom is 0.440 e. The lowest BCUT2D eigenvalue weighted by molar-refractivity contribution is -0.115. The van der Waals surface area contributed by atoms with Crippen molar-refractivity contribution in [3.8, 4) is 0 Å². The fourth-order valence-electron chi connectivity index (χ4n) is 0.327. The van der Waals surface area contributed by atoms with Gasteiger partial charge in [0.25, 0.3) is 0 Å². The predicted molar refractivity (Wildman–Crippen MR) is 26.0 cm³/mol. The lowest BCUT2D eigenvalue weighted by Crippen LogP contribution is -2.29. The van der Waals surface area contributed by atoms with Gasteiger partial charge >= 0.3 is 6.18 Å². The van der Waals surface area contributed by atoms with Gasteiger partial charge in [0.05, 0.1) is 0 Å². The molecule has 0 aromatic rings. The lowest BCUT2D eigenvalue weighted by Gasteiger charge is -2.02. The van der Waals surface area contributed by atoms with Crippen LogP contribution in [0.4, 0.5) is 13.2 Å². The van der Waals surface area contributed by atoms with Gasteiger partial charge in [-0.1, -0.05) is 5.16 Å². The molecule has 0 aromatic carbocycles. The van der Waals surface area contributed by atoms with E-state index in [4.69, 9.17) is 5.21 Å². The first-order valence-corrected chi connectivity index (χ1v) is 2.19. The highest BCUT2D eigenvalue weighted by atomic mass is 19.4. The monoisotopic (exact) mass is 155 g/mol. The summed E-state index contributed by atoms with van der Waals surface area (Å²) < 4.78 is 34.4. The Morgan fingerprint density at radius 1 is 1.50 bits per heavy atom. The average Bonchev–Trinajstić information content (AvgIpc) is 1.60. The highest BCUT2D eigenvalue weighted by molar-refractivity contribution is 6.40. The predicted octanol–water partition coefficient (Wildman–Crippen LogP) is 0.968. The van der Waals surface area contributed by atoms with Crippen molar-refractivity contribution in [2.45, 2.75) is 13.1 Å². The molecule has 58 valence electrons. The first-order chi connectivity index (χ1) is 4.39. The zero-order valence-electron chi connectivity index (χ0n) is 4.94. The first-order valence-electron chi connectivity index (χ1n) is 2.19. The van der Waals surface area contributed by atoms with Crippen molar-refractivity contribution in [3.63, 3.8) is 0 Å². The summed E-state index contributed by atoms with van der Waals surface area (Å²) in [6, 6.07) is 0. The molecule has 0 radical (unpaired) electrons. The smallest absolute Gasteiger partial charge is 0.410 e. The molecule has 0 amide bonds. The molecular formula is C4H4F3NO2. The number of halogens is 3. The molecule has 3 nitrogen and oxygen atoms in total. The molecule has 0 aliphatic carbocycles. The van der Waals surface area contributed by atoms with Crippen LogP contribution in [0.1, 0.15) is 6.92 Å². The molecule has 0 fully saturated rings. The van der Waals surface area contributed by atoms with Crippen molar-refractivity contribution < 1.29 is 23.2 Å². The van der Waals surface area contributed by atoms with Crippen molar-refractivity contribution in [1.82, 2.24) is 0 Å². The Kier molecular flexibility index (Phi) is 2.39. The number of hydrogen-bond acceptors (Lipinski definition) is 3. The molecule has 0 aromatic heterocycles. The van der Waals surface area contributed by atoms with Crippen LogP contribution in [0.3, 0.4) is 0 Å². The Hall–Kier alpha value is -1.07. The van der Waals surface area contributed by atoms with E-state index in [1.165, 1.54) is 0 Å². The molecule has 0 unspecified atom stereocenters. The molecule has 6 heteroatoms. The maximum absolute atomic E-state index is 11.5. The van der Waals surface area contributed by atoms with Crippen LogP contribution in [0, 0.1) is 0 Å². The van der Waals surface area contributed by atoms with E-state index in [9.17, 15) is 18.0 Å². The molecule has 0 saturated carbocycles. The summed E-state index contributed by atoms with van der Waals surface area (Å²) >= 11 is 0. The van der Waals surface area contributed by atoms with Gasteiger partial charge in [-0.3, -0.25) is 4.79 Å². The summed E-state index contributed by atoms with van der Waals surface area (Å²) in [7, 11) is 0. The standard InChI is InChI=1S/C4H4F3NO2/c1-2(9)3(8-10)4(5,6)7/h10H,1H3. The third-order valence-corrected chi connectivity index (χ3v) is 0.702. The molecular weight excluding hydrogens is 151 g/mol. The normalized spacial score (nSPS) is 13.4. The van der Waals surface area contributed by atoms with E-state index in [1.54, 1.807) is 5.16 Å². The van der Waals surface area contributed by atoms with Gasteiger partial charge in [-0.2, -0.15) is 13.2 Å². The van der Waals surface area contributed by atoms with E-state index in [-0.39, 0.29) is 0 Å². The zero-order chi connectivity index (χ0) is 8.36. The van der Waals surface area contributed by atoms with E-state index in [0.717, 1.165) is 0 Å². The van der Waals surface area contributed by atoms with Crippen LogP contribution < -0.4 is 0 Å². The third-order valence-electron chi connectivity index (χ3n) is 0.702. The van der Waals surface area contributed by atoms with Gasteiger partial charge in [-0.15, -0.1) is 0 Å². The number of nitrogens with zero attached hydrogens (tertiary/aromatic N) is 1. The Labute approximate surface area is 54.1 Å². The number of carbonyl (C=O) groups is 1. The van der Waals surface area contributed by atoms with E-state index in [0.29, 0.717) is 6.92 Å². The van der Waals surface area contributed by atoms with Crippen molar-refractivity contribution in [2.24, 2.45) is 5.16 Å². The Morgan fingerprint density at radius 2 is 1.90 bits per heavy atom. The van der Waals surface area contributed by atoms with E-state index in [2.05, 4.69) is 0 Å². The minimum atomic E-state index is -4.86. The fourth-order valence-corrected chi connectivity index (χ4v) is 0.327. The Morgan fingerprint density at radius 3 is 1.90 bits per heavy atom. The topological polar surface area (TPSA) is 49.7 Å². The summed E-state index contributed by atoms with van der Waals surface area (Å²) in [5, 5.41) is 9.48. The van der Waals surface area contributed by atoms with Crippen LogP contribution in [0.5, 0.6) is 0 Å². The molecule has 0 spiro atoms. The minimum absolute atomic E-state index is 0.669. The van der Waals surface area contributed by atoms with Gasteiger partial charge in [0.15, 0.2) is 5.78 Å². The van der Waals surface area contributed by atoms with Crippen LogP contribution in [-0.2, 0) is 4.79 Å². The minimum Gasteiger partial charge on any atom is -0.410 e. The highest BCUT2D eigenvalue weighted by Crippen LogP contribution is 2.17. The second-order valence-electron chi connectivity index (χ2n) is 1.50. The molecule has 0 bridgehead atoms. The van der Waals surface area contributed by atoms with E-state index < -0.39 is 17.7 Å². The lowest BCUT2D eigenvalue weighted by atomic mass is 10.3. The number of Topliss-reactive ketones (excluding diaryl/α,β-unsaturated/α-hetero) is 1. The number of carbonyl (C=O) groups excluding carboxylic acids is 1. The van der Waals surface area contributed by atoms with Crippen molar-refractivity contribution in [3.05, 3.63) is 0 Å². The van der Waals surface area contributed by atoms with Gasteiger partial charge in [-0.05, 0) is 0 Å². The van der Waals surface area contributed by atoms with Crippen LogP contribution in [-0.4, -0.2) is 22.9 Å². The van der Waals surface area contributed by atoms with Crippen LogP contribution in [0.15, 0.2) is 5.16 Å². The second kappa shape index (κ2) is 2.68. The summed E-state index contributed by atoms with van der Waals surface area (Å²) in [4.78, 5) is 10.0. The molecule has 0 aliphatic heterocycles. The Balaban J connectivity index is 4.56. The number of oxime groups is 1. The van der Waals surface area contributed by atoms with Crippen molar-refractivity contribution >= 4 is 11.5 Å². The van der Waals surface area contributed by atoms with Crippen molar-refractivity contribution in [1.29, 1.82) is 0 Å². The molecule has 1 N–H and O–H groups in total. The Bertz CT molecular complexity index is 172. The molecule has 10 heavy (non-hydrogen) atoms. The summed E-state index contributed by atoms with van der Waals surface area (Å²) in [5.41, 5.74) is -1.78. The molecule has 0 saturated heterocycles. The van der Waals surface area contributed by atoms with Crippen LogP contribution >= 0.6 is 0 Å². The molecule has 0 heterocycles. The molecule has 0 aliphatic rings. The van der Waals surface area contributed by atoms with Gasteiger partial charge < -0.3 is 5.21 Å². The largest absolute Gasteiger partial charge is 0.440 e. The number of alkyl halides is 3. The fraction of sp³-hybridized carbons (Fsp3) is 0.500. The quantitative estimate of drug-likeness (QED) is 0.348. The summed E-state index contributed by atoms with van der Waals surface area (Å²) in [6.07, 6.45) is -4.86. The summed E-state index contributed by atoms with van der Waals surface area (Å²) in [6.45, 7) is 0.669. The molecule has 0 rings (SSSR count). The highest BCUT2D eigenvalue weighted by Gasteiger charge is 2.39. The average molecular weight is 155 g/mol. The van der Waals surface area contributed by atoms with Gasteiger partial charge in [-0.25, -0.2) is 0 Å². The van der Waals surface area contributed by atoms with Crippen LogP contribution in [0.25, 0.3) is 0 Å². The van der Waals surface area contributed by atoms with Gasteiger partial charge in [0, 0.05) is 6.92 Å². The van der Waals surface area contributed by atoms with Gasteiger partial charge in [0.1, 0.15) is 0 Å². The SMILES string of the molecule is CC(=O)C(=NO)C(F)(F)F. The second-order valence-corrected chi connectivity index (χ2v) is 1.50.